The topological polar surface area (TPSA) is 50.7 Å². The molecule has 0 radical (unpaired) electrons. The van der Waals surface area contributed by atoms with Crippen LogP contribution in [0.15, 0.2) is 30.6 Å². The molecule has 4 heteroatoms. The van der Waals surface area contributed by atoms with E-state index in [1.807, 2.05) is 31.4 Å². The minimum absolute atomic E-state index is 0.710. The van der Waals surface area contributed by atoms with Crippen LogP contribution in [0.4, 0.5) is 0 Å². The molecule has 2 heterocycles. The molecule has 0 fully saturated rings. The van der Waals surface area contributed by atoms with Crippen LogP contribution < -0.4 is 5.32 Å². The third-order valence-corrected chi connectivity index (χ3v) is 3.64. The molecular weight excluding hydrogens is 236 g/mol. The number of pyridine rings is 1. The summed E-state index contributed by atoms with van der Waals surface area (Å²) < 4.78 is 0. The van der Waals surface area contributed by atoms with E-state index in [2.05, 4.69) is 20.3 Å². The first-order valence-electron chi connectivity index (χ1n) is 6.77. The summed E-state index contributed by atoms with van der Waals surface area (Å²) in [5.74, 6) is 1.45. The molecule has 2 aromatic heterocycles. The second kappa shape index (κ2) is 5.45. The Labute approximate surface area is 113 Å². The quantitative estimate of drug-likeness (QED) is 0.908. The molecule has 98 valence electrons. The second-order valence-corrected chi connectivity index (χ2v) is 5.05. The fourth-order valence-corrected chi connectivity index (χ4v) is 2.66. The van der Waals surface area contributed by atoms with Gasteiger partial charge in [-0.25, -0.2) is 9.97 Å². The number of nitrogens with one attached hydrogen (secondary N) is 1. The van der Waals surface area contributed by atoms with Gasteiger partial charge in [-0.05, 0) is 56.5 Å². The van der Waals surface area contributed by atoms with E-state index in [0.29, 0.717) is 5.92 Å². The summed E-state index contributed by atoms with van der Waals surface area (Å²) in [5, 5.41) is 3.25. The summed E-state index contributed by atoms with van der Waals surface area (Å²) in [5.41, 5.74) is 3.34. The van der Waals surface area contributed by atoms with Gasteiger partial charge in [-0.15, -0.1) is 0 Å². The molecular formula is C15H18N4. The highest BCUT2D eigenvalue weighted by molar-refractivity contribution is 5.49. The second-order valence-electron chi connectivity index (χ2n) is 5.05. The molecule has 1 unspecified atom stereocenters. The minimum atomic E-state index is 0.710. The lowest BCUT2D eigenvalue weighted by Crippen LogP contribution is -2.25. The fourth-order valence-electron chi connectivity index (χ4n) is 2.66. The molecule has 1 aliphatic carbocycles. The first kappa shape index (κ1) is 12.2. The molecule has 0 saturated carbocycles. The summed E-state index contributed by atoms with van der Waals surface area (Å²) in [6.07, 6.45) is 7.09. The number of fused-ring (bicyclic) bond motifs is 1. The zero-order valence-electron chi connectivity index (χ0n) is 11.1. The maximum Gasteiger partial charge on any atom is 0.178 e. The first-order valence-corrected chi connectivity index (χ1v) is 6.77. The molecule has 1 N–H and O–H groups in total. The highest BCUT2D eigenvalue weighted by atomic mass is 14.9. The number of rotatable bonds is 3. The fraction of sp³-hybridized carbons (Fsp3) is 0.400. The van der Waals surface area contributed by atoms with Gasteiger partial charge < -0.3 is 5.32 Å². The highest BCUT2D eigenvalue weighted by Crippen LogP contribution is 2.24. The summed E-state index contributed by atoms with van der Waals surface area (Å²) >= 11 is 0. The van der Waals surface area contributed by atoms with Crippen LogP contribution in [0.3, 0.4) is 0 Å². The predicted octanol–water partition coefficient (Wildman–Crippen LogP) is 1.86. The van der Waals surface area contributed by atoms with Crippen molar-refractivity contribution in [3.05, 3.63) is 41.9 Å². The zero-order valence-corrected chi connectivity index (χ0v) is 11.1. The number of nitrogens with zero attached hydrogens (tertiary/aromatic N) is 3. The van der Waals surface area contributed by atoms with Crippen molar-refractivity contribution in [3.8, 4) is 11.5 Å². The SMILES string of the molecule is CNCC1CCc2nc(-c3ccccn3)ncc2C1. The molecule has 0 aromatic carbocycles. The molecule has 0 saturated heterocycles. The van der Waals surface area contributed by atoms with Crippen molar-refractivity contribution in [3.63, 3.8) is 0 Å². The monoisotopic (exact) mass is 254 g/mol. The van der Waals surface area contributed by atoms with E-state index in [0.717, 1.165) is 30.9 Å². The number of hydrogen-bond acceptors (Lipinski definition) is 4. The Kier molecular flexibility index (Phi) is 3.51. The molecule has 2 aromatic rings. The number of hydrogen-bond donors (Lipinski definition) is 1. The molecule has 4 nitrogen and oxygen atoms in total. The van der Waals surface area contributed by atoms with E-state index in [1.165, 1.54) is 17.7 Å². The highest BCUT2D eigenvalue weighted by Gasteiger charge is 2.20. The third-order valence-electron chi connectivity index (χ3n) is 3.64. The van der Waals surface area contributed by atoms with E-state index >= 15 is 0 Å². The maximum absolute atomic E-state index is 4.68. The summed E-state index contributed by atoms with van der Waals surface area (Å²) in [4.78, 5) is 13.5. The summed E-state index contributed by atoms with van der Waals surface area (Å²) in [6.45, 7) is 1.07. The molecule has 0 bridgehead atoms. The Balaban J connectivity index is 1.86. The van der Waals surface area contributed by atoms with E-state index in [4.69, 9.17) is 0 Å². The van der Waals surface area contributed by atoms with E-state index in [9.17, 15) is 0 Å². The Morgan fingerprint density at radius 2 is 2.26 bits per heavy atom. The van der Waals surface area contributed by atoms with Gasteiger partial charge in [0.1, 0.15) is 5.69 Å². The average Bonchev–Trinajstić information content (AvgIpc) is 2.48. The van der Waals surface area contributed by atoms with Crippen LogP contribution in [0.2, 0.25) is 0 Å². The minimum Gasteiger partial charge on any atom is -0.319 e. The summed E-state index contributed by atoms with van der Waals surface area (Å²) in [7, 11) is 2.01. The largest absolute Gasteiger partial charge is 0.319 e. The smallest absolute Gasteiger partial charge is 0.178 e. The van der Waals surface area contributed by atoms with E-state index in [1.54, 1.807) is 6.20 Å². The Morgan fingerprint density at radius 3 is 3.05 bits per heavy atom. The van der Waals surface area contributed by atoms with Gasteiger partial charge in [0, 0.05) is 18.1 Å². The van der Waals surface area contributed by atoms with Gasteiger partial charge in [-0.1, -0.05) is 6.07 Å². The van der Waals surface area contributed by atoms with Crippen LogP contribution in [0.5, 0.6) is 0 Å². The van der Waals surface area contributed by atoms with Gasteiger partial charge in [0.15, 0.2) is 5.82 Å². The van der Waals surface area contributed by atoms with Crippen LogP contribution in [0.25, 0.3) is 11.5 Å². The van der Waals surface area contributed by atoms with Crippen molar-refractivity contribution in [1.82, 2.24) is 20.3 Å². The zero-order chi connectivity index (χ0) is 13.1. The molecule has 1 aliphatic rings. The van der Waals surface area contributed by atoms with Gasteiger partial charge in [0.05, 0.1) is 0 Å². The van der Waals surface area contributed by atoms with Crippen LogP contribution in [0.1, 0.15) is 17.7 Å². The van der Waals surface area contributed by atoms with Crippen molar-refractivity contribution in [1.29, 1.82) is 0 Å². The van der Waals surface area contributed by atoms with Gasteiger partial charge >= 0.3 is 0 Å². The normalized spacial score (nSPS) is 18.1. The van der Waals surface area contributed by atoms with Gasteiger partial charge in [-0.3, -0.25) is 4.98 Å². The Bertz CT molecular complexity index is 553. The van der Waals surface area contributed by atoms with Crippen molar-refractivity contribution < 1.29 is 0 Å². The van der Waals surface area contributed by atoms with Gasteiger partial charge in [0.2, 0.25) is 0 Å². The Hall–Kier alpha value is -1.81. The number of aromatic nitrogens is 3. The molecule has 0 spiro atoms. The molecule has 1 atom stereocenters. The van der Waals surface area contributed by atoms with Crippen LogP contribution in [-0.2, 0) is 12.8 Å². The standard InChI is InChI=1S/C15H18N4/c1-16-9-11-5-6-13-12(8-11)10-18-15(19-13)14-4-2-3-7-17-14/h2-4,7,10-11,16H,5-6,8-9H2,1H3. The lowest BCUT2D eigenvalue weighted by molar-refractivity contribution is 0.434. The van der Waals surface area contributed by atoms with Gasteiger partial charge in [-0.2, -0.15) is 0 Å². The van der Waals surface area contributed by atoms with Crippen LogP contribution >= 0.6 is 0 Å². The predicted molar refractivity (Wildman–Crippen MR) is 74.7 cm³/mol. The van der Waals surface area contributed by atoms with Crippen molar-refractivity contribution in [2.75, 3.05) is 13.6 Å². The maximum atomic E-state index is 4.68. The number of aryl methyl sites for hydroxylation is 1. The third kappa shape index (κ3) is 2.63. The lowest BCUT2D eigenvalue weighted by Gasteiger charge is -2.23. The molecule has 3 rings (SSSR count). The molecule has 0 aliphatic heterocycles. The van der Waals surface area contributed by atoms with Crippen molar-refractivity contribution in [2.24, 2.45) is 5.92 Å². The summed E-state index contributed by atoms with van der Waals surface area (Å²) in [6, 6.07) is 5.83. The average molecular weight is 254 g/mol. The van der Waals surface area contributed by atoms with Gasteiger partial charge in [0.25, 0.3) is 0 Å². The molecule has 0 amide bonds. The molecule has 19 heavy (non-hydrogen) atoms. The van der Waals surface area contributed by atoms with Crippen molar-refractivity contribution >= 4 is 0 Å². The Morgan fingerprint density at radius 1 is 1.32 bits per heavy atom. The van der Waals surface area contributed by atoms with Crippen LogP contribution in [0, 0.1) is 5.92 Å². The van der Waals surface area contributed by atoms with E-state index in [-0.39, 0.29) is 0 Å². The van der Waals surface area contributed by atoms with Crippen molar-refractivity contribution in [2.45, 2.75) is 19.3 Å². The lowest BCUT2D eigenvalue weighted by atomic mass is 9.87. The first-order chi connectivity index (χ1) is 9.36. The van der Waals surface area contributed by atoms with E-state index < -0.39 is 0 Å². The van der Waals surface area contributed by atoms with Crippen LogP contribution in [-0.4, -0.2) is 28.5 Å².